The largest absolute Gasteiger partial charge is 0.451 e. The predicted molar refractivity (Wildman–Crippen MR) is 138 cm³/mol. The number of carbonyl (C=O) groups is 3. The fourth-order valence-corrected chi connectivity index (χ4v) is 4.36. The van der Waals surface area contributed by atoms with Gasteiger partial charge in [-0.1, -0.05) is 42.5 Å². The maximum Gasteiger partial charge on any atom is 0.291 e. The molecule has 1 fully saturated rings. The Labute approximate surface area is 209 Å². The summed E-state index contributed by atoms with van der Waals surface area (Å²) in [7, 11) is 0. The predicted octanol–water partition coefficient (Wildman–Crippen LogP) is 4.78. The van der Waals surface area contributed by atoms with Crippen LogP contribution >= 0.6 is 0 Å². The van der Waals surface area contributed by atoms with E-state index in [0.29, 0.717) is 23.4 Å². The Morgan fingerprint density at radius 2 is 1.61 bits per heavy atom. The van der Waals surface area contributed by atoms with Crippen LogP contribution in [0.25, 0.3) is 11.0 Å². The lowest BCUT2D eigenvalue weighted by atomic mass is 10.1. The van der Waals surface area contributed by atoms with E-state index < -0.39 is 0 Å². The summed E-state index contributed by atoms with van der Waals surface area (Å²) >= 11 is 0. The van der Waals surface area contributed by atoms with Crippen LogP contribution in [0.15, 0.2) is 83.3 Å². The molecule has 3 amide bonds. The van der Waals surface area contributed by atoms with Crippen molar-refractivity contribution >= 4 is 34.4 Å². The molecule has 1 aromatic heterocycles. The van der Waals surface area contributed by atoms with Gasteiger partial charge in [0.15, 0.2) is 5.76 Å². The molecule has 2 heterocycles. The van der Waals surface area contributed by atoms with Crippen molar-refractivity contribution in [2.24, 2.45) is 0 Å². The number of nitrogens with one attached hydrogen (secondary N) is 2. The van der Waals surface area contributed by atoms with E-state index in [-0.39, 0.29) is 29.9 Å². The van der Waals surface area contributed by atoms with Gasteiger partial charge in [0.25, 0.3) is 11.8 Å². The highest BCUT2D eigenvalue weighted by Crippen LogP contribution is 2.20. The second-order valence-corrected chi connectivity index (χ2v) is 8.95. The van der Waals surface area contributed by atoms with Crippen molar-refractivity contribution in [2.45, 2.75) is 25.8 Å². The maximum absolute atomic E-state index is 12.6. The van der Waals surface area contributed by atoms with Crippen LogP contribution in [0.1, 0.15) is 44.9 Å². The molecular formula is C29H27N3O4. The van der Waals surface area contributed by atoms with Crippen LogP contribution in [-0.4, -0.2) is 35.7 Å². The van der Waals surface area contributed by atoms with Crippen molar-refractivity contribution in [3.8, 4) is 0 Å². The van der Waals surface area contributed by atoms with Gasteiger partial charge in [-0.3, -0.25) is 14.4 Å². The molecule has 7 nitrogen and oxygen atoms in total. The lowest BCUT2D eigenvalue weighted by molar-refractivity contribution is -0.120. The van der Waals surface area contributed by atoms with E-state index in [1.165, 1.54) is 0 Å². The molecule has 0 unspecified atom stereocenters. The van der Waals surface area contributed by atoms with Crippen LogP contribution in [0.2, 0.25) is 0 Å². The van der Waals surface area contributed by atoms with Crippen LogP contribution in [0.4, 0.5) is 5.69 Å². The number of anilines is 1. The number of benzene rings is 3. The van der Waals surface area contributed by atoms with E-state index in [1.807, 2.05) is 65.6 Å². The number of carbonyl (C=O) groups excluding carboxylic acids is 3. The number of para-hydroxylation sites is 1. The minimum absolute atomic E-state index is 0.0492. The first kappa shape index (κ1) is 23.4. The monoisotopic (exact) mass is 481 g/mol. The van der Waals surface area contributed by atoms with E-state index in [9.17, 15) is 14.4 Å². The molecular weight excluding hydrogens is 454 g/mol. The Balaban J connectivity index is 1.12. The number of fused-ring (bicyclic) bond motifs is 1. The van der Waals surface area contributed by atoms with Crippen molar-refractivity contribution in [3.05, 3.63) is 101 Å². The molecule has 7 heteroatoms. The van der Waals surface area contributed by atoms with Gasteiger partial charge in [-0.25, -0.2) is 0 Å². The Hall–Kier alpha value is -4.39. The van der Waals surface area contributed by atoms with Gasteiger partial charge in [0.1, 0.15) is 5.58 Å². The number of nitrogens with zero attached hydrogens (tertiary/aromatic N) is 1. The third-order valence-corrected chi connectivity index (χ3v) is 6.28. The second-order valence-electron chi connectivity index (χ2n) is 8.95. The first-order valence-electron chi connectivity index (χ1n) is 12.1. The molecule has 1 saturated heterocycles. The summed E-state index contributed by atoms with van der Waals surface area (Å²) in [5, 5.41) is 6.60. The summed E-state index contributed by atoms with van der Waals surface area (Å²) in [5.41, 5.74) is 3.64. The molecule has 0 aliphatic carbocycles. The molecule has 0 saturated carbocycles. The van der Waals surface area contributed by atoms with E-state index in [0.717, 1.165) is 42.4 Å². The fourth-order valence-electron chi connectivity index (χ4n) is 4.36. The average Bonchev–Trinajstić information content (AvgIpc) is 3.59. The van der Waals surface area contributed by atoms with E-state index in [1.54, 1.807) is 18.2 Å². The Bertz CT molecular complexity index is 1370. The molecule has 1 aliphatic rings. The highest BCUT2D eigenvalue weighted by Gasteiger charge is 2.19. The number of rotatable bonds is 7. The van der Waals surface area contributed by atoms with E-state index >= 15 is 0 Å². The molecule has 0 spiro atoms. The molecule has 3 aromatic carbocycles. The second kappa shape index (κ2) is 10.5. The maximum atomic E-state index is 12.6. The van der Waals surface area contributed by atoms with E-state index in [2.05, 4.69) is 10.6 Å². The summed E-state index contributed by atoms with van der Waals surface area (Å²) < 4.78 is 5.60. The minimum atomic E-state index is -0.331. The van der Waals surface area contributed by atoms with Crippen LogP contribution in [0.5, 0.6) is 0 Å². The molecule has 1 aliphatic heterocycles. The quantitative estimate of drug-likeness (QED) is 0.397. The Morgan fingerprint density at radius 1 is 0.833 bits per heavy atom. The zero-order valence-electron chi connectivity index (χ0n) is 19.8. The number of hydrogen-bond donors (Lipinski definition) is 2. The summed E-state index contributed by atoms with van der Waals surface area (Å²) in [6.07, 6.45) is 2.32. The standard InChI is InChI=1S/C29H27N3O4/c33-27(30-19-21-6-5-8-23(16-21)29(35)32-14-3-4-15-32)17-20-10-12-24(13-11-20)31-28(34)26-18-22-7-1-2-9-25(22)36-26/h1-2,5-13,16,18H,3-4,14-15,17,19H2,(H,30,33)(H,31,34). The summed E-state index contributed by atoms with van der Waals surface area (Å²) in [6, 6.07) is 23.7. The SMILES string of the molecule is O=C(Cc1ccc(NC(=O)c2cc3ccccc3o2)cc1)NCc1cccc(C(=O)N2CCCC2)c1. The zero-order valence-corrected chi connectivity index (χ0v) is 19.8. The first-order chi connectivity index (χ1) is 17.5. The molecule has 0 bridgehead atoms. The van der Waals surface area contributed by atoms with Gasteiger partial charge < -0.3 is 20.0 Å². The van der Waals surface area contributed by atoms with Crippen molar-refractivity contribution in [3.63, 3.8) is 0 Å². The number of likely N-dealkylation sites (tertiary alicyclic amines) is 1. The molecule has 0 atom stereocenters. The Morgan fingerprint density at radius 3 is 2.39 bits per heavy atom. The van der Waals surface area contributed by atoms with Crippen LogP contribution in [0, 0.1) is 0 Å². The van der Waals surface area contributed by atoms with E-state index in [4.69, 9.17) is 4.42 Å². The van der Waals surface area contributed by atoms with Crippen LogP contribution in [-0.2, 0) is 17.8 Å². The van der Waals surface area contributed by atoms with Gasteiger partial charge >= 0.3 is 0 Å². The van der Waals surface area contributed by atoms with Gasteiger partial charge in [-0.2, -0.15) is 0 Å². The third-order valence-electron chi connectivity index (χ3n) is 6.28. The van der Waals surface area contributed by atoms with Crippen molar-refractivity contribution in [1.29, 1.82) is 0 Å². The van der Waals surface area contributed by atoms with Crippen molar-refractivity contribution < 1.29 is 18.8 Å². The Kier molecular flexibility index (Phi) is 6.80. The summed E-state index contributed by atoms with van der Waals surface area (Å²) in [4.78, 5) is 39.5. The average molecular weight is 482 g/mol. The zero-order chi connectivity index (χ0) is 24.9. The van der Waals surface area contributed by atoms with Gasteiger partial charge in [0.2, 0.25) is 5.91 Å². The highest BCUT2D eigenvalue weighted by atomic mass is 16.3. The van der Waals surface area contributed by atoms with Gasteiger partial charge in [0, 0.05) is 36.3 Å². The molecule has 182 valence electrons. The van der Waals surface area contributed by atoms with Gasteiger partial charge in [0.05, 0.1) is 6.42 Å². The highest BCUT2D eigenvalue weighted by molar-refractivity contribution is 6.04. The lowest BCUT2D eigenvalue weighted by Gasteiger charge is -2.15. The smallest absolute Gasteiger partial charge is 0.291 e. The lowest BCUT2D eigenvalue weighted by Crippen LogP contribution is -2.28. The minimum Gasteiger partial charge on any atom is -0.451 e. The molecule has 2 N–H and O–H groups in total. The van der Waals surface area contributed by atoms with Gasteiger partial charge in [-0.05, 0) is 60.4 Å². The number of amides is 3. The molecule has 0 radical (unpaired) electrons. The first-order valence-corrected chi connectivity index (χ1v) is 12.1. The number of hydrogen-bond acceptors (Lipinski definition) is 4. The molecule has 5 rings (SSSR count). The van der Waals surface area contributed by atoms with Crippen LogP contribution in [0.3, 0.4) is 0 Å². The molecule has 36 heavy (non-hydrogen) atoms. The number of furan rings is 1. The third kappa shape index (κ3) is 5.46. The normalized spacial score (nSPS) is 13.1. The summed E-state index contributed by atoms with van der Waals surface area (Å²) in [5.74, 6) is -0.161. The van der Waals surface area contributed by atoms with Crippen molar-refractivity contribution in [2.75, 3.05) is 18.4 Å². The van der Waals surface area contributed by atoms with Crippen LogP contribution < -0.4 is 10.6 Å². The molecule has 4 aromatic rings. The van der Waals surface area contributed by atoms with Gasteiger partial charge in [-0.15, -0.1) is 0 Å². The fraction of sp³-hybridized carbons (Fsp3) is 0.207. The van der Waals surface area contributed by atoms with Crippen molar-refractivity contribution in [1.82, 2.24) is 10.2 Å². The summed E-state index contributed by atoms with van der Waals surface area (Å²) in [6.45, 7) is 1.97. The topological polar surface area (TPSA) is 91.6 Å².